The maximum Gasteiger partial charge on any atom is 0.126 e. The highest BCUT2D eigenvalue weighted by molar-refractivity contribution is 5.70. The molecular formula is C18H22FNO. The van der Waals surface area contributed by atoms with Crippen LogP contribution in [0.1, 0.15) is 24.9 Å². The third-order valence-corrected chi connectivity index (χ3v) is 3.59. The summed E-state index contributed by atoms with van der Waals surface area (Å²) in [7, 11) is 1.68. The number of halogens is 1. The molecule has 3 heteroatoms. The van der Waals surface area contributed by atoms with Gasteiger partial charge >= 0.3 is 0 Å². The molecule has 1 unspecified atom stereocenters. The van der Waals surface area contributed by atoms with Gasteiger partial charge in [-0.25, -0.2) is 0 Å². The molecule has 0 aromatic heterocycles. The monoisotopic (exact) mass is 287 g/mol. The van der Waals surface area contributed by atoms with Crippen LogP contribution < -0.4 is 10.1 Å². The van der Waals surface area contributed by atoms with Gasteiger partial charge in [-0.15, -0.1) is 0 Å². The largest absolute Gasteiger partial charge is 0.496 e. The first-order valence-electron chi connectivity index (χ1n) is 7.29. The second-order valence-corrected chi connectivity index (χ2v) is 5.04. The molecule has 2 aromatic carbocycles. The Morgan fingerprint density at radius 3 is 2.48 bits per heavy atom. The minimum Gasteiger partial charge on any atom is -0.496 e. The van der Waals surface area contributed by atoms with Crippen molar-refractivity contribution in [2.75, 3.05) is 20.3 Å². The van der Waals surface area contributed by atoms with E-state index in [9.17, 15) is 4.39 Å². The maximum absolute atomic E-state index is 12.1. The van der Waals surface area contributed by atoms with Crippen LogP contribution in [0.15, 0.2) is 48.5 Å². The van der Waals surface area contributed by atoms with E-state index in [0.29, 0.717) is 13.0 Å². The van der Waals surface area contributed by atoms with E-state index < -0.39 is 0 Å². The minimum atomic E-state index is -0.271. The number of methoxy groups -OCH3 is 1. The summed E-state index contributed by atoms with van der Waals surface area (Å²) in [6.45, 7) is 2.52. The molecule has 21 heavy (non-hydrogen) atoms. The van der Waals surface area contributed by atoms with Gasteiger partial charge in [0.2, 0.25) is 0 Å². The van der Waals surface area contributed by atoms with Crippen LogP contribution in [0.5, 0.6) is 5.75 Å². The van der Waals surface area contributed by atoms with E-state index in [0.717, 1.165) is 16.9 Å². The molecule has 0 radical (unpaired) electrons. The fourth-order valence-electron chi connectivity index (χ4n) is 2.34. The van der Waals surface area contributed by atoms with E-state index in [1.165, 1.54) is 5.56 Å². The molecule has 0 amide bonds. The molecule has 0 aliphatic rings. The zero-order valence-corrected chi connectivity index (χ0v) is 12.6. The molecule has 0 spiro atoms. The molecule has 0 saturated carbocycles. The van der Waals surface area contributed by atoms with Crippen LogP contribution in [0, 0.1) is 0 Å². The van der Waals surface area contributed by atoms with Gasteiger partial charge in [-0.3, -0.25) is 4.39 Å². The van der Waals surface area contributed by atoms with Gasteiger partial charge in [-0.2, -0.15) is 0 Å². The summed E-state index contributed by atoms with van der Waals surface area (Å²) in [6, 6.07) is 16.6. The summed E-state index contributed by atoms with van der Waals surface area (Å²) in [5, 5.41) is 3.32. The van der Waals surface area contributed by atoms with Crippen LogP contribution in [-0.4, -0.2) is 20.3 Å². The van der Waals surface area contributed by atoms with Crippen LogP contribution in [-0.2, 0) is 0 Å². The highest BCUT2D eigenvalue weighted by Crippen LogP contribution is 2.30. The van der Waals surface area contributed by atoms with Crippen LogP contribution in [0.2, 0.25) is 0 Å². The average molecular weight is 287 g/mol. The lowest BCUT2D eigenvalue weighted by Crippen LogP contribution is -2.20. The highest BCUT2D eigenvalue weighted by atomic mass is 19.1. The predicted molar refractivity (Wildman–Crippen MR) is 85.4 cm³/mol. The Balaban J connectivity index is 2.11. The summed E-state index contributed by atoms with van der Waals surface area (Å²) in [6.07, 6.45) is 0.559. The molecule has 1 N–H and O–H groups in total. The summed E-state index contributed by atoms with van der Waals surface area (Å²) in [5.41, 5.74) is 3.42. The normalized spacial score (nSPS) is 12.1. The molecule has 0 aliphatic heterocycles. The van der Waals surface area contributed by atoms with Gasteiger partial charge in [0.05, 0.1) is 13.8 Å². The quantitative estimate of drug-likeness (QED) is 0.763. The van der Waals surface area contributed by atoms with E-state index in [2.05, 4.69) is 42.6 Å². The van der Waals surface area contributed by atoms with E-state index in [1.807, 2.05) is 18.2 Å². The van der Waals surface area contributed by atoms with Crippen molar-refractivity contribution in [3.63, 3.8) is 0 Å². The smallest absolute Gasteiger partial charge is 0.126 e. The fourth-order valence-corrected chi connectivity index (χ4v) is 2.34. The first kappa shape index (κ1) is 15.5. The van der Waals surface area contributed by atoms with Crippen LogP contribution >= 0.6 is 0 Å². The molecule has 112 valence electrons. The van der Waals surface area contributed by atoms with Crippen molar-refractivity contribution in [2.45, 2.75) is 19.4 Å². The van der Waals surface area contributed by atoms with E-state index in [1.54, 1.807) is 7.11 Å². The topological polar surface area (TPSA) is 21.3 Å². The molecule has 0 saturated heterocycles. The Bertz CT molecular complexity index is 553. The van der Waals surface area contributed by atoms with Crippen LogP contribution in [0.25, 0.3) is 11.1 Å². The average Bonchev–Trinajstić information content (AvgIpc) is 2.55. The van der Waals surface area contributed by atoms with Crippen molar-refractivity contribution >= 4 is 0 Å². The number of benzene rings is 2. The van der Waals surface area contributed by atoms with E-state index >= 15 is 0 Å². The second kappa shape index (κ2) is 7.79. The second-order valence-electron chi connectivity index (χ2n) is 5.04. The fraction of sp³-hybridized carbons (Fsp3) is 0.333. The number of rotatable bonds is 7. The van der Waals surface area contributed by atoms with Crippen molar-refractivity contribution < 1.29 is 9.13 Å². The van der Waals surface area contributed by atoms with Crippen LogP contribution in [0.3, 0.4) is 0 Å². The summed E-state index contributed by atoms with van der Waals surface area (Å²) in [5.74, 6) is 0.874. The Morgan fingerprint density at radius 1 is 1.10 bits per heavy atom. The SMILES string of the molecule is COc1ccccc1-c1ccc(C(C)NCCCF)cc1. The lowest BCUT2D eigenvalue weighted by molar-refractivity contribution is 0.416. The number of para-hydroxylation sites is 1. The predicted octanol–water partition coefficient (Wildman–Crippen LogP) is 4.37. The molecule has 0 heterocycles. The number of hydrogen-bond donors (Lipinski definition) is 1. The first-order valence-corrected chi connectivity index (χ1v) is 7.29. The van der Waals surface area contributed by atoms with Crippen molar-refractivity contribution in [3.05, 3.63) is 54.1 Å². The third kappa shape index (κ3) is 4.05. The van der Waals surface area contributed by atoms with Gasteiger partial charge in [0.25, 0.3) is 0 Å². The number of nitrogens with one attached hydrogen (secondary N) is 1. The van der Waals surface area contributed by atoms with Crippen molar-refractivity contribution in [3.8, 4) is 16.9 Å². The third-order valence-electron chi connectivity index (χ3n) is 3.59. The van der Waals surface area contributed by atoms with Crippen molar-refractivity contribution in [1.82, 2.24) is 5.32 Å². The molecule has 0 fully saturated rings. The maximum atomic E-state index is 12.1. The Kier molecular flexibility index (Phi) is 5.76. The zero-order valence-electron chi connectivity index (χ0n) is 12.6. The number of ether oxygens (including phenoxy) is 1. The molecule has 2 aromatic rings. The van der Waals surface area contributed by atoms with Crippen molar-refractivity contribution in [1.29, 1.82) is 0 Å². The molecule has 2 rings (SSSR count). The summed E-state index contributed by atoms with van der Waals surface area (Å²) < 4.78 is 17.5. The van der Waals surface area contributed by atoms with E-state index in [-0.39, 0.29) is 12.7 Å². The standard InChI is InChI=1S/C18H22FNO/c1-14(20-13-5-12-19)15-8-10-16(11-9-15)17-6-3-4-7-18(17)21-2/h3-4,6-11,14,20H,5,12-13H2,1-2H3. The molecule has 1 atom stereocenters. The Hall–Kier alpha value is -1.87. The van der Waals surface area contributed by atoms with Gasteiger partial charge < -0.3 is 10.1 Å². The lowest BCUT2D eigenvalue weighted by Gasteiger charge is -2.15. The minimum absolute atomic E-state index is 0.225. The van der Waals surface area contributed by atoms with Gasteiger partial charge in [0.1, 0.15) is 5.75 Å². The molecule has 0 aliphatic carbocycles. The van der Waals surface area contributed by atoms with Gasteiger partial charge in [-0.1, -0.05) is 42.5 Å². The van der Waals surface area contributed by atoms with Gasteiger partial charge in [0, 0.05) is 11.6 Å². The highest BCUT2D eigenvalue weighted by Gasteiger charge is 2.07. The number of alkyl halides is 1. The zero-order chi connectivity index (χ0) is 15.1. The Labute approximate surface area is 126 Å². The van der Waals surface area contributed by atoms with E-state index in [4.69, 9.17) is 4.74 Å². The molecular weight excluding hydrogens is 265 g/mol. The van der Waals surface area contributed by atoms with Gasteiger partial charge in [-0.05, 0) is 37.1 Å². The van der Waals surface area contributed by atoms with Crippen LogP contribution in [0.4, 0.5) is 4.39 Å². The van der Waals surface area contributed by atoms with Gasteiger partial charge in [0.15, 0.2) is 0 Å². The molecule has 0 bridgehead atoms. The lowest BCUT2D eigenvalue weighted by atomic mass is 10.0. The summed E-state index contributed by atoms with van der Waals surface area (Å²) >= 11 is 0. The molecule has 2 nitrogen and oxygen atoms in total. The summed E-state index contributed by atoms with van der Waals surface area (Å²) in [4.78, 5) is 0. The van der Waals surface area contributed by atoms with Crippen molar-refractivity contribution in [2.24, 2.45) is 0 Å². The number of hydrogen-bond acceptors (Lipinski definition) is 2. The Morgan fingerprint density at radius 2 is 1.81 bits per heavy atom. The first-order chi connectivity index (χ1) is 10.3.